The smallest absolute Gasteiger partial charge is 0.303 e. The average Bonchev–Trinajstić information content (AvgIpc) is 2.22. The van der Waals surface area contributed by atoms with Crippen molar-refractivity contribution < 1.29 is 19.1 Å². The van der Waals surface area contributed by atoms with E-state index in [9.17, 15) is 14.0 Å². The molecule has 0 fully saturated rings. The number of aliphatic carboxylic acids is 1. The number of carboxylic acid groups (broad SMARTS) is 1. The van der Waals surface area contributed by atoms with E-state index in [1.807, 2.05) is 0 Å². The van der Waals surface area contributed by atoms with Crippen molar-refractivity contribution >= 4 is 23.4 Å². The lowest BCUT2D eigenvalue weighted by molar-refractivity contribution is -0.137. The van der Waals surface area contributed by atoms with E-state index in [0.717, 1.165) is 6.07 Å². The quantitative estimate of drug-likeness (QED) is 0.825. The number of rotatable bonds is 5. The van der Waals surface area contributed by atoms with Crippen molar-refractivity contribution in [3.8, 4) is 0 Å². The minimum absolute atomic E-state index is 0.0634. The number of ketones is 1. The molecule has 0 bridgehead atoms. The fraction of sp³-hybridized carbons (Fsp3) is 0.333. The van der Waals surface area contributed by atoms with E-state index in [4.69, 9.17) is 16.7 Å². The molecule has 0 saturated carbocycles. The number of carboxylic acids is 1. The molecule has 0 radical (unpaired) electrons. The molecule has 5 heteroatoms. The lowest BCUT2D eigenvalue weighted by Crippen LogP contribution is -2.03. The van der Waals surface area contributed by atoms with Gasteiger partial charge in [-0.15, -0.1) is 0 Å². The van der Waals surface area contributed by atoms with Crippen LogP contribution in [0.25, 0.3) is 0 Å². The predicted octanol–water partition coefficient (Wildman–Crippen LogP) is 3.23. The highest BCUT2D eigenvalue weighted by Gasteiger charge is 2.13. The van der Waals surface area contributed by atoms with Gasteiger partial charge in [0.2, 0.25) is 0 Å². The molecule has 0 spiro atoms. The molecule has 1 aromatic carbocycles. The molecule has 0 heterocycles. The van der Waals surface area contributed by atoms with Crippen molar-refractivity contribution in [3.05, 3.63) is 34.1 Å². The first-order valence-corrected chi connectivity index (χ1v) is 5.50. The van der Waals surface area contributed by atoms with Crippen molar-refractivity contribution in [2.24, 2.45) is 0 Å². The van der Waals surface area contributed by atoms with E-state index < -0.39 is 11.8 Å². The topological polar surface area (TPSA) is 54.4 Å². The van der Waals surface area contributed by atoms with E-state index in [0.29, 0.717) is 5.56 Å². The Morgan fingerprint density at radius 2 is 2.00 bits per heavy atom. The summed E-state index contributed by atoms with van der Waals surface area (Å²) in [5, 5.41) is 8.51. The van der Waals surface area contributed by atoms with Gasteiger partial charge in [-0.2, -0.15) is 0 Å². The monoisotopic (exact) mass is 258 g/mol. The number of benzene rings is 1. The molecule has 0 unspecified atom stereocenters. The lowest BCUT2D eigenvalue weighted by atomic mass is 10.0. The van der Waals surface area contributed by atoms with Crippen molar-refractivity contribution in [1.82, 2.24) is 0 Å². The summed E-state index contributed by atoms with van der Waals surface area (Å²) in [5.41, 5.74) is 0.590. The molecule has 0 aromatic heterocycles. The molecule has 0 aliphatic heterocycles. The predicted molar refractivity (Wildman–Crippen MR) is 62.0 cm³/mol. The van der Waals surface area contributed by atoms with Crippen LogP contribution in [-0.4, -0.2) is 16.9 Å². The van der Waals surface area contributed by atoms with Crippen LogP contribution < -0.4 is 0 Å². The van der Waals surface area contributed by atoms with Gasteiger partial charge in [-0.25, -0.2) is 4.39 Å². The Balaban J connectivity index is 2.75. The minimum Gasteiger partial charge on any atom is -0.481 e. The van der Waals surface area contributed by atoms with E-state index in [-0.39, 0.29) is 35.6 Å². The largest absolute Gasteiger partial charge is 0.481 e. The zero-order chi connectivity index (χ0) is 13.0. The molecule has 92 valence electrons. The Kier molecular flexibility index (Phi) is 4.63. The summed E-state index contributed by atoms with van der Waals surface area (Å²) in [5.74, 6) is -1.67. The Bertz CT molecular complexity index is 457. The van der Waals surface area contributed by atoms with Gasteiger partial charge in [0.05, 0.1) is 5.02 Å². The Morgan fingerprint density at radius 3 is 2.59 bits per heavy atom. The van der Waals surface area contributed by atoms with Crippen molar-refractivity contribution in [2.75, 3.05) is 0 Å². The molecule has 1 N–H and O–H groups in total. The molecule has 0 amide bonds. The van der Waals surface area contributed by atoms with Gasteiger partial charge >= 0.3 is 5.97 Å². The lowest BCUT2D eigenvalue weighted by Gasteiger charge is -2.05. The van der Waals surface area contributed by atoms with E-state index in [1.165, 1.54) is 6.07 Å². The second-order valence-electron chi connectivity index (χ2n) is 3.75. The summed E-state index contributed by atoms with van der Waals surface area (Å²) < 4.78 is 13.1. The third-order valence-electron chi connectivity index (χ3n) is 2.34. The molecular formula is C12H12ClFO3. The van der Waals surface area contributed by atoms with Crippen LogP contribution in [0.15, 0.2) is 12.1 Å². The number of hydrogen-bond acceptors (Lipinski definition) is 2. The highest BCUT2D eigenvalue weighted by atomic mass is 35.5. The molecule has 0 aliphatic rings. The fourth-order valence-corrected chi connectivity index (χ4v) is 1.66. The van der Waals surface area contributed by atoms with Crippen molar-refractivity contribution in [2.45, 2.75) is 26.2 Å². The summed E-state index contributed by atoms with van der Waals surface area (Å²) in [7, 11) is 0. The molecule has 0 atom stereocenters. The van der Waals surface area contributed by atoms with Gasteiger partial charge in [-0.05, 0) is 31.0 Å². The number of halogens is 2. The number of carbonyl (C=O) groups excluding carboxylic acids is 1. The first kappa shape index (κ1) is 13.6. The Labute approximate surface area is 103 Å². The van der Waals surface area contributed by atoms with Gasteiger partial charge in [0, 0.05) is 18.4 Å². The standard InChI is InChI=1S/C12H12ClFO3/c1-7-5-8(9(13)6-10(7)14)11(15)3-2-4-12(16)17/h5-6H,2-4H2,1H3,(H,16,17). The zero-order valence-electron chi connectivity index (χ0n) is 9.30. The molecule has 0 aliphatic carbocycles. The number of carbonyl (C=O) groups is 2. The maximum Gasteiger partial charge on any atom is 0.303 e. The average molecular weight is 259 g/mol. The van der Waals surface area contributed by atoms with Crippen LogP contribution in [0, 0.1) is 12.7 Å². The molecule has 1 rings (SSSR count). The van der Waals surface area contributed by atoms with Gasteiger partial charge in [0.15, 0.2) is 5.78 Å². The molecule has 3 nitrogen and oxygen atoms in total. The van der Waals surface area contributed by atoms with Crippen LogP contribution in [0.5, 0.6) is 0 Å². The van der Waals surface area contributed by atoms with E-state index in [2.05, 4.69) is 0 Å². The minimum atomic E-state index is -0.945. The number of aryl methyl sites for hydroxylation is 1. The summed E-state index contributed by atoms with van der Waals surface area (Å²) in [4.78, 5) is 22.0. The van der Waals surface area contributed by atoms with E-state index >= 15 is 0 Å². The second-order valence-corrected chi connectivity index (χ2v) is 4.16. The Morgan fingerprint density at radius 1 is 1.35 bits per heavy atom. The van der Waals surface area contributed by atoms with Gasteiger partial charge < -0.3 is 5.11 Å². The zero-order valence-corrected chi connectivity index (χ0v) is 10.1. The van der Waals surface area contributed by atoms with Gasteiger partial charge in [-0.1, -0.05) is 11.6 Å². The highest BCUT2D eigenvalue weighted by molar-refractivity contribution is 6.34. The van der Waals surface area contributed by atoms with Crippen LogP contribution in [0.1, 0.15) is 35.2 Å². The summed E-state index contributed by atoms with van der Waals surface area (Å²) in [6, 6.07) is 2.49. The summed E-state index contributed by atoms with van der Waals surface area (Å²) in [6.45, 7) is 1.54. The number of hydrogen-bond donors (Lipinski definition) is 1. The molecule has 0 saturated heterocycles. The summed E-state index contributed by atoms with van der Waals surface area (Å²) >= 11 is 5.76. The molecular weight excluding hydrogens is 247 g/mol. The van der Waals surface area contributed by atoms with Gasteiger partial charge in [0.1, 0.15) is 5.82 Å². The fourth-order valence-electron chi connectivity index (χ4n) is 1.41. The summed E-state index contributed by atoms with van der Waals surface area (Å²) in [6.07, 6.45) is 0.279. The van der Waals surface area contributed by atoms with Crippen molar-refractivity contribution in [3.63, 3.8) is 0 Å². The second kappa shape index (κ2) is 5.77. The van der Waals surface area contributed by atoms with Crippen LogP contribution in [0.4, 0.5) is 4.39 Å². The van der Waals surface area contributed by atoms with Crippen LogP contribution >= 0.6 is 11.6 Å². The molecule has 17 heavy (non-hydrogen) atoms. The van der Waals surface area contributed by atoms with Crippen LogP contribution in [0.2, 0.25) is 5.02 Å². The van der Waals surface area contributed by atoms with Crippen LogP contribution in [-0.2, 0) is 4.79 Å². The first-order valence-electron chi connectivity index (χ1n) is 5.12. The normalized spacial score (nSPS) is 10.3. The third kappa shape index (κ3) is 3.82. The first-order chi connectivity index (χ1) is 7.91. The molecule has 1 aromatic rings. The maximum absolute atomic E-state index is 13.1. The maximum atomic E-state index is 13.1. The van der Waals surface area contributed by atoms with Crippen molar-refractivity contribution in [1.29, 1.82) is 0 Å². The van der Waals surface area contributed by atoms with Gasteiger partial charge in [-0.3, -0.25) is 9.59 Å². The Hall–Kier alpha value is -1.42. The third-order valence-corrected chi connectivity index (χ3v) is 2.66. The van der Waals surface area contributed by atoms with Gasteiger partial charge in [0.25, 0.3) is 0 Å². The number of Topliss-reactive ketones (excluding diaryl/α,β-unsaturated/α-hetero) is 1. The highest BCUT2D eigenvalue weighted by Crippen LogP contribution is 2.22. The van der Waals surface area contributed by atoms with Crippen LogP contribution in [0.3, 0.4) is 0 Å². The SMILES string of the molecule is Cc1cc(C(=O)CCCC(=O)O)c(Cl)cc1F. The van der Waals surface area contributed by atoms with E-state index in [1.54, 1.807) is 6.92 Å².